The summed E-state index contributed by atoms with van der Waals surface area (Å²) in [5, 5.41) is 12.8. The number of ether oxygens (including phenoxy) is 1. The molecule has 0 bridgehead atoms. The van der Waals surface area contributed by atoms with Gasteiger partial charge in [0.25, 0.3) is 5.91 Å². The van der Waals surface area contributed by atoms with E-state index in [1.807, 2.05) is 6.07 Å². The second-order valence-electron chi connectivity index (χ2n) is 4.52. The highest BCUT2D eigenvalue weighted by Gasteiger charge is 2.12. The average molecular weight is 303 g/mol. The lowest BCUT2D eigenvalue weighted by atomic mass is 10.1. The van der Waals surface area contributed by atoms with Crippen molar-refractivity contribution in [3.05, 3.63) is 59.7 Å². The first-order valence-corrected chi connectivity index (χ1v) is 6.94. The van der Waals surface area contributed by atoms with Crippen molar-refractivity contribution in [3.63, 3.8) is 0 Å². The maximum atomic E-state index is 12.0. The summed E-state index contributed by atoms with van der Waals surface area (Å²) in [4.78, 5) is 12.6. The van der Waals surface area contributed by atoms with Gasteiger partial charge < -0.3 is 15.2 Å². The fraction of sp³-hybridized carbons (Fsp3) is 0.188. The largest absolute Gasteiger partial charge is 0.497 e. The van der Waals surface area contributed by atoms with Gasteiger partial charge in [0, 0.05) is 11.4 Å². The molecular weight excluding hydrogens is 286 g/mol. The predicted octanol–water partition coefficient (Wildman–Crippen LogP) is 2.45. The Labute approximate surface area is 129 Å². The Morgan fingerprint density at radius 1 is 1.24 bits per heavy atom. The molecule has 1 amide bonds. The van der Waals surface area contributed by atoms with Crippen LogP contribution in [-0.2, 0) is 0 Å². The summed E-state index contributed by atoms with van der Waals surface area (Å²) in [6.07, 6.45) is -0.771. The molecule has 5 heteroatoms. The first kappa shape index (κ1) is 15.4. The van der Waals surface area contributed by atoms with Gasteiger partial charge in [-0.1, -0.05) is 24.3 Å². The molecule has 1 unspecified atom stereocenters. The second-order valence-corrected chi connectivity index (χ2v) is 5.00. The molecule has 1 atom stereocenters. The lowest BCUT2D eigenvalue weighted by Crippen LogP contribution is -2.28. The van der Waals surface area contributed by atoms with Gasteiger partial charge in [-0.25, -0.2) is 0 Å². The quantitative estimate of drug-likeness (QED) is 0.744. The average Bonchev–Trinajstić information content (AvgIpc) is 2.52. The molecule has 0 saturated carbocycles. The number of carbonyl (C=O) groups excluding carboxylic acids is 1. The minimum atomic E-state index is -0.771. The van der Waals surface area contributed by atoms with Crippen LogP contribution in [0.15, 0.2) is 53.4 Å². The monoisotopic (exact) mass is 303 g/mol. The highest BCUT2D eigenvalue weighted by molar-refractivity contribution is 7.80. The topological polar surface area (TPSA) is 58.6 Å². The third kappa shape index (κ3) is 4.00. The molecule has 21 heavy (non-hydrogen) atoms. The van der Waals surface area contributed by atoms with E-state index in [-0.39, 0.29) is 12.5 Å². The van der Waals surface area contributed by atoms with Crippen molar-refractivity contribution < 1.29 is 14.6 Å². The first-order chi connectivity index (χ1) is 10.1. The van der Waals surface area contributed by atoms with E-state index in [2.05, 4.69) is 17.9 Å². The molecular formula is C16H17NO3S. The van der Waals surface area contributed by atoms with Crippen LogP contribution < -0.4 is 10.1 Å². The molecule has 4 nitrogen and oxygen atoms in total. The lowest BCUT2D eigenvalue weighted by molar-refractivity contribution is 0.0913. The van der Waals surface area contributed by atoms with Crippen LogP contribution in [0.1, 0.15) is 22.0 Å². The van der Waals surface area contributed by atoms with Crippen molar-refractivity contribution in [2.45, 2.75) is 11.0 Å². The summed E-state index contributed by atoms with van der Waals surface area (Å²) in [6.45, 7) is 0.132. The molecule has 0 heterocycles. The van der Waals surface area contributed by atoms with Gasteiger partial charge in [0.15, 0.2) is 0 Å². The van der Waals surface area contributed by atoms with Gasteiger partial charge in [0.05, 0.1) is 18.8 Å². The van der Waals surface area contributed by atoms with Gasteiger partial charge in [0.2, 0.25) is 0 Å². The summed E-state index contributed by atoms with van der Waals surface area (Å²) in [6, 6.07) is 14.1. The van der Waals surface area contributed by atoms with E-state index >= 15 is 0 Å². The molecule has 0 aliphatic rings. The van der Waals surface area contributed by atoms with E-state index < -0.39 is 6.10 Å². The molecule has 0 fully saturated rings. The van der Waals surface area contributed by atoms with E-state index in [0.717, 1.165) is 11.3 Å². The van der Waals surface area contributed by atoms with Gasteiger partial charge >= 0.3 is 0 Å². The van der Waals surface area contributed by atoms with Crippen LogP contribution in [0.3, 0.4) is 0 Å². The van der Waals surface area contributed by atoms with Crippen molar-refractivity contribution in [1.29, 1.82) is 0 Å². The Bertz CT molecular complexity index is 613. The highest BCUT2D eigenvalue weighted by Crippen LogP contribution is 2.17. The van der Waals surface area contributed by atoms with Crippen molar-refractivity contribution >= 4 is 18.5 Å². The van der Waals surface area contributed by atoms with Gasteiger partial charge in [0.1, 0.15) is 5.75 Å². The minimum Gasteiger partial charge on any atom is -0.497 e. The van der Waals surface area contributed by atoms with Crippen LogP contribution >= 0.6 is 12.6 Å². The Morgan fingerprint density at radius 2 is 1.90 bits per heavy atom. The highest BCUT2D eigenvalue weighted by atomic mass is 32.1. The summed E-state index contributed by atoms with van der Waals surface area (Å²) in [5.41, 5.74) is 1.21. The molecule has 2 N–H and O–H groups in total. The van der Waals surface area contributed by atoms with Gasteiger partial charge in [-0.05, 0) is 29.8 Å². The molecule has 0 radical (unpaired) electrons. The fourth-order valence-corrected chi connectivity index (χ4v) is 2.16. The Kier molecular flexibility index (Phi) is 5.25. The summed E-state index contributed by atoms with van der Waals surface area (Å²) in [7, 11) is 1.58. The zero-order valence-corrected chi connectivity index (χ0v) is 12.5. The smallest absolute Gasteiger partial charge is 0.252 e. The molecule has 2 aromatic rings. The maximum Gasteiger partial charge on any atom is 0.252 e. The van der Waals surface area contributed by atoms with Crippen LogP contribution in [-0.4, -0.2) is 24.7 Å². The molecule has 2 rings (SSSR count). The second kappa shape index (κ2) is 7.15. The number of hydrogen-bond donors (Lipinski definition) is 3. The molecule has 110 valence electrons. The number of thiol groups is 1. The number of aliphatic hydroxyl groups is 1. The summed E-state index contributed by atoms with van der Waals surface area (Å²) < 4.78 is 5.06. The van der Waals surface area contributed by atoms with Crippen LogP contribution in [0.25, 0.3) is 0 Å². The number of carbonyl (C=O) groups is 1. The van der Waals surface area contributed by atoms with Crippen molar-refractivity contribution in [2.75, 3.05) is 13.7 Å². The molecule has 0 saturated heterocycles. The zero-order valence-electron chi connectivity index (χ0n) is 11.6. The van der Waals surface area contributed by atoms with E-state index in [4.69, 9.17) is 4.74 Å². The zero-order chi connectivity index (χ0) is 15.2. The number of hydrogen-bond acceptors (Lipinski definition) is 4. The number of aliphatic hydroxyl groups excluding tert-OH is 1. The van der Waals surface area contributed by atoms with Gasteiger partial charge in [-0.3, -0.25) is 4.79 Å². The molecule has 0 spiro atoms. The van der Waals surface area contributed by atoms with Crippen LogP contribution in [0.2, 0.25) is 0 Å². The number of rotatable bonds is 5. The van der Waals surface area contributed by atoms with Crippen molar-refractivity contribution in [2.24, 2.45) is 0 Å². The van der Waals surface area contributed by atoms with E-state index in [9.17, 15) is 9.90 Å². The minimum absolute atomic E-state index is 0.132. The molecule has 0 aliphatic heterocycles. The lowest BCUT2D eigenvalue weighted by Gasteiger charge is -2.13. The van der Waals surface area contributed by atoms with Gasteiger partial charge in [-0.15, -0.1) is 12.6 Å². The Balaban J connectivity index is 1.95. The summed E-state index contributed by atoms with van der Waals surface area (Å²) in [5.74, 6) is 0.465. The van der Waals surface area contributed by atoms with E-state index in [0.29, 0.717) is 10.5 Å². The first-order valence-electron chi connectivity index (χ1n) is 6.50. The third-order valence-electron chi connectivity index (χ3n) is 3.11. The molecule has 0 aliphatic carbocycles. The third-order valence-corrected chi connectivity index (χ3v) is 3.50. The summed E-state index contributed by atoms with van der Waals surface area (Å²) >= 11 is 4.24. The van der Waals surface area contributed by atoms with Crippen LogP contribution in [0, 0.1) is 0 Å². The standard InChI is InChI=1S/C16H17NO3S/c1-20-12-8-6-11(7-9-12)14(18)10-17-16(19)13-4-2-3-5-15(13)21/h2-9,14,18,21H,10H2,1H3,(H,17,19). The number of methoxy groups -OCH3 is 1. The number of amides is 1. The Morgan fingerprint density at radius 3 is 2.52 bits per heavy atom. The van der Waals surface area contributed by atoms with Crippen molar-refractivity contribution in [1.82, 2.24) is 5.32 Å². The van der Waals surface area contributed by atoms with Gasteiger partial charge in [-0.2, -0.15) is 0 Å². The molecule has 2 aromatic carbocycles. The maximum absolute atomic E-state index is 12.0. The normalized spacial score (nSPS) is 11.8. The van der Waals surface area contributed by atoms with E-state index in [1.54, 1.807) is 49.6 Å². The number of benzene rings is 2. The van der Waals surface area contributed by atoms with Crippen LogP contribution in [0.5, 0.6) is 5.75 Å². The van der Waals surface area contributed by atoms with Crippen LogP contribution in [0.4, 0.5) is 0 Å². The SMILES string of the molecule is COc1ccc(C(O)CNC(=O)c2ccccc2S)cc1. The Hall–Kier alpha value is -1.98. The van der Waals surface area contributed by atoms with E-state index in [1.165, 1.54) is 0 Å². The number of nitrogens with one attached hydrogen (secondary N) is 1. The fourth-order valence-electron chi connectivity index (χ4n) is 1.89. The van der Waals surface area contributed by atoms with Crippen molar-refractivity contribution in [3.8, 4) is 5.75 Å². The predicted molar refractivity (Wildman–Crippen MR) is 84.0 cm³/mol. The molecule has 0 aromatic heterocycles.